The largest absolute Gasteiger partial charge is 0.357 e. The number of thiazole rings is 1. The summed E-state index contributed by atoms with van der Waals surface area (Å²) in [6, 6.07) is 7.39. The summed E-state index contributed by atoms with van der Waals surface area (Å²) in [6.07, 6.45) is 3.33. The Morgan fingerprint density at radius 2 is 2.18 bits per heavy atom. The van der Waals surface area contributed by atoms with E-state index in [1.54, 1.807) is 11.3 Å². The summed E-state index contributed by atoms with van der Waals surface area (Å²) in [5, 5.41) is 12.3. The first kappa shape index (κ1) is 20.3. The maximum Gasteiger partial charge on any atom is 0.228 e. The highest BCUT2D eigenvalue weighted by Crippen LogP contribution is 2.19. The Hall–Kier alpha value is -2.45. The second kappa shape index (κ2) is 10.2. The lowest BCUT2D eigenvalue weighted by Gasteiger charge is -2.09. The van der Waals surface area contributed by atoms with Crippen LogP contribution in [0.2, 0.25) is 5.02 Å². The van der Waals surface area contributed by atoms with Crippen molar-refractivity contribution in [2.24, 2.45) is 4.99 Å². The molecule has 1 aromatic carbocycles. The Morgan fingerprint density at radius 1 is 1.29 bits per heavy atom. The van der Waals surface area contributed by atoms with Gasteiger partial charge in [-0.15, -0.1) is 11.3 Å². The number of benzene rings is 1. The van der Waals surface area contributed by atoms with Crippen LogP contribution in [0.4, 0.5) is 0 Å². The molecule has 0 bridgehead atoms. The molecule has 0 aliphatic carbocycles. The minimum atomic E-state index is 0.539. The molecule has 0 saturated heterocycles. The van der Waals surface area contributed by atoms with Crippen LogP contribution in [0.25, 0.3) is 11.4 Å². The average molecular weight is 419 g/mol. The highest BCUT2D eigenvalue weighted by Gasteiger charge is 2.09. The van der Waals surface area contributed by atoms with Gasteiger partial charge >= 0.3 is 0 Å². The fourth-order valence-electron chi connectivity index (χ4n) is 2.51. The van der Waals surface area contributed by atoms with Crippen LogP contribution >= 0.6 is 22.9 Å². The van der Waals surface area contributed by atoms with Crippen LogP contribution in [0.5, 0.6) is 0 Å². The number of aliphatic imine (C=N–C) groups is 1. The van der Waals surface area contributed by atoms with Crippen molar-refractivity contribution in [3.63, 3.8) is 0 Å². The van der Waals surface area contributed by atoms with E-state index in [0.717, 1.165) is 29.5 Å². The molecule has 0 atom stereocenters. The summed E-state index contributed by atoms with van der Waals surface area (Å²) in [5.41, 5.74) is 0.836. The van der Waals surface area contributed by atoms with E-state index in [2.05, 4.69) is 37.7 Å². The second-order valence-corrected chi connectivity index (χ2v) is 7.83. The number of rotatable bonds is 8. The Kier molecular flexibility index (Phi) is 7.39. The van der Waals surface area contributed by atoms with Crippen molar-refractivity contribution >= 4 is 28.9 Å². The third-order valence-corrected chi connectivity index (χ3v) is 5.00. The van der Waals surface area contributed by atoms with Crippen LogP contribution in [0.3, 0.4) is 0 Å². The molecule has 2 heterocycles. The maximum atomic E-state index is 6.01. The molecule has 0 saturated carbocycles. The molecule has 0 unspecified atom stereocenters. The van der Waals surface area contributed by atoms with Gasteiger partial charge in [0, 0.05) is 54.1 Å². The molecule has 2 N–H and O–H groups in total. The van der Waals surface area contributed by atoms with E-state index >= 15 is 0 Å². The van der Waals surface area contributed by atoms with Gasteiger partial charge in [-0.1, -0.05) is 28.9 Å². The maximum absolute atomic E-state index is 6.01. The predicted octanol–water partition coefficient (Wildman–Crippen LogP) is 3.50. The number of hydrogen-bond donors (Lipinski definition) is 2. The number of aromatic nitrogens is 3. The zero-order valence-electron chi connectivity index (χ0n) is 15.9. The third kappa shape index (κ3) is 6.03. The van der Waals surface area contributed by atoms with Gasteiger partial charge in [0.1, 0.15) is 0 Å². The number of nitrogens with zero attached hydrogens (tertiary/aromatic N) is 4. The molecule has 0 aliphatic rings. The minimum Gasteiger partial charge on any atom is -0.357 e. The highest BCUT2D eigenvalue weighted by molar-refractivity contribution is 7.11. The van der Waals surface area contributed by atoms with Crippen LogP contribution in [-0.2, 0) is 12.8 Å². The van der Waals surface area contributed by atoms with Crippen LogP contribution in [0, 0.1) is 6.92 Å². The van der Waals surface area contributed by atoms with Crippen molar-refractivity contribution in [2.45, 2.75) is 26.7 Å². The molecule has 0 aliphatic heterocycles. The second-order valence-electron chi connectivity index (χ2n) is 6.07. The fraction of sp³-hybridized carbons (Fsp3) is 0.368. The first-order valence-corrected chi connectivity index (χ1v) is 10.4. The third-order valence-electron chi connectivity index (χ3n) is 3.79. The molecule has 0 fully saturated rings. The summed E-state index contributed by atoms with van der Waals surface area (Å²) in [5.74, 6) is 1.87. The summed E-state index contributed by atoms with van der Waals surface area (Å²) in [6.45, 7) is 6.21. The first-order chi connectivity index (χ1) is 13.6. The van der Waals surface area contributed by atoms with E-state index in [9.17, 15) is 0 Å². The summed E-state index contributed by atoms with van der Waals surface area (Å²) in [4.78, 5) is 14.6. The molecule has 2 aromatic heterocycles. The van der Waals surface area contributed by atoms with Crippen molar-refractivity contribution in [2.75, 3.05) is 19.6 Å². The predicted molar refractivity (Wildman–Crippen MR) is 113 cm³/mol. The SMILES string of the molecule is CCNC(=NCCc1ncc(C)s1)NCCc1nc(-c2cccc(Cl)c2)no1. The summed E-state index contributed by atoms with van der Waals surface area (Å²) < 4.78 is 5.33. The number of hydrogen-bond acceptors (Lipinski definition) is 6. The lowest BCUT2D eigenvalue weighted by Crippen LogP contribution is -2.38. The van der Waals surface area contributed by atoms with Gasteiger partial charge in [-0.3, -0.25) is 4.99 Å². The number of halogens is 1. The normalized spacial score (nSPS) is 11.6. The van der Waals surface area contributed by atoms with Crippen LogP contribution in [-0.4, -0.2) is 40.7 Å². The van der Waals surface area contributed by atoms with Crippen molar-refractivity contribution in [1.82, 2.24) is 25.8 Å². The van der Waals surface area contributed by atoms with Gasteiger partial charge in [-0.05, 0) is 26.0 Å². The van der Waals surface area contributed by atoms with Crippen LogP contribution in [0.1, 0.15) is 22.7 Å². The van der Waals surface area contributed by atoms with Crippen molar-refractivity contribution in [3.05, 3.63) is 51.3 Å². The Balaban J connectivity index is 1.49. The zero-order chi connectivity index (χ0) is 19.8. The average Bonchev–Trinajstić information content (AvgIpc) is 3.31. The van der Waals surface area contributed by atoms with E-state index in [1.807, 2.05) is 37.4 Å². The molecule has 0 radical (unpaired) electrons. The molecule has 3 aromatic rings. The summed E-state index contributed by atoms with van der Waals surface area (Å²) in [7, 11) is 0. The molecular formula is C19H23ClN6OS. The van der Waals surface area contributed by atoms with Gasteiger partial charge in [-0.25, -0.2) is 4.98 Å². The molecule has 148 valence electrons. The van der Waals surface area contributed by atoms with E-state index < -0.39 is 0 Å². The van der Waals surface area contributed by atoms with Gasteiger partial charge in [0.05, 0.1) is 5.01 Å². The molecule has 28 heavy (non-hydrogen) atoms. The molecular weight excluding hydrogens is 396 g/mol. The zero-order valence-corrected chi connectivity index (χ0v) is 17.5. The highest BCUT2D eigenvalue weighted by atomic mass is 35.5. The Bertz CT molecular complexity index is 923. The monoisotopic (exact) mass is 418 g/mol. The van der Waals surface area contributed by atoms with E-state index in [4.69, 9.17) is 16.1 Å². The Morgan fingerprint density at radius 3 is 2.93 bits per heavy atom. The van der Waals surface area contributed by atoms with Gasteiger partial charge < -0.3 is 15.2 Å². The Labute approximate surface area is 173 Å². The molecule has 7 nitrogen and oxygen atoms in total. The minimum absolute atomic E-state index is 0.539. The molecule has 3 rings (SSSR count). The van der Waals surface area contributed by atoms with Gasteiger partial charge in [0.2, 0.25) is 11.7 Å². The molecule has 9 heteroatoms. The quantitative estimate of drug-likeness (QED) is 0.430. The van der Waals surface area contributed by atoms with Gasteiger partial charge in [-0.2, -0.15) is 4.98 Å². The standard InChI is InChI=1S/C19H23ClN6OS/c1-3-21-19(23-10-8-17-24-12-13(2)28-17)22-9-7-16-25-18(26-27-16)14-5-4-6-15(20)11-14/h4-6,11-12H,3,7-10H2,1-2H3,(H2,21,22,23). The van der Waals surface area contributed by atoms with Crippen molar-refractivity contribution in [1.29, 1.82) is 0 Å². The lowest BCUT2D eigenvalue weighted by molar-refractivity contribution is 0.378. The molecule has 0 amide bonds. The van der Waals surface area contributed by atoms with Crippen molar-refractivity contribution < 1.29 is 4.52 Å². The van der Waals surface area contributed by atoms with E-state index in [-0.39, 0.29) is 0 Å². The molecule has 0 spiro atoms. The van der Waals surface area contributed by atoms with Crippen LogP contribution in [0.15, 0.2) is 40.0 Å². The fourth-order valence-corrected chi connectivity index (χ4v) is 3.48. The number of nitrogens with one attached hydrogen (secondary N) is 2. The number of guanidine groups is 1. The smallest absolute Gasteiger partial charge is 0.228 e. The lowest BCUT2D eigenvalue weighted by atomic mass is 10.2. The topological polar surface area (TPSA) is 88.2 Å². The van der Waals surface area contributed by atoms with Gasteiger partial charge in [0.25, 0.3) is 0 Å². The summed E-state index contributed by atoms with van der Waals surface area (Å²) >= 11 is 7.72. The van der Waals surface area contributed by atoms with Gasteiger partial charge in [0.15, 0.2) is 5.96 Å². The van der Waals surface area contributed by atoms with Crippen molar-refractivity contribution in [3.8, 4) is 11.4 Å². The first-order valence-electron chi connectivity index (χ1n) is 9.16. The number of aryl methyl sites for hydroxylation is 1. The van der Waals surface area contributed by atoms with E-state index in [0.29, 0.717) is 36.2 Å². The van der Waals surface area contributed by atoms with E-state index in [1.165, 1.54) is 4.88 Å². The van der Waals surface area contributed by atoms with Crippen LogP contribution < -0.4 is 10.6 Å².